The first kappa shape index (κ1) is 11.8. The van der Waals surface area contributed by atoms with Gasteiger partial charge in [0.05, 0.1) is 6.42 Å². The summed E-state index contributed by atoms with van der Waals surface area (Å²) in [5.41, 5.74) is 6.55. The normalized spacial score (nSPS) is 10.7. The molecule has 17 heavy (non-hydrogen) atoms. The molecule has 1 aromatic carbocycles. The van der Waals surface area contributed by atoms with Gasteiger partial charge in [0.1, 0.15) is 5.58 Å². The Morgan fingerprint density at radius 1 is 1.35 bits per heavy atom. The highest BCUT2D eigenvalue weighted by Crippen LogP contribution is 2.16. The second-order valence-corrected chi connectivity index (χ2v) is 4.09. The summed E-state index contributed by atoms with van der Waals surface area (Å²) >= 11 is 5.25. The average molecular weight is 252 g/mol. The summed E-state index contributed by atoms with van der Waals surface area (Å²) in [6.07, 6.45) is -0.127. The lowest BCUT2D eigenvalue weighted by atomic mass is 10.1. The maximum absolute atomic E-state index is 11.6. The van der Waals surface area contributed by atoms with Crippen molar-refractivity contribution in [1.29, 1.82) is 0 Å². The Balaban J connectivity index is 2.58. The van der Waals surface area contributed by atoms with Gasteiger partial charge < -0.3 is 10.2 Å². The lowest BCUT2D eigenvalue weighted by Crippen LogP contribution is -2.10. The van der Waals surface area contributed by atoms with Crippen LogP contribution in [0, 0.1) is 0 Å². The van der Waals surface area contributed by atoms with Crippen molar-refractivity contribution in [3.05, 3.63) is 45.8 Å². The third kappa shape index (κ3) is 2.54. The van der Waals surface area contributed by atoms with Gasteiger partial charge in [-0.15, -0.1) is 0 Å². The maximum Gasteiger partial charge on any atom is 0.339 e. The predicted molar refractivity (Wildman–Crippen MR) is 64.9 cm³/mol. The molecule has 5 heteroatoms. The number of hydrogen-bond donors (Lipinski definition) is 1. The van der Waals surface area contributed by atoms with E-state index < -0.39 is 10.9 Å². The van der Waals surface area contributed by atoms with Crippen molar-refractivity contribution in [2.24, 2.45) is 5.73 Å². The highest BCUT2D eigenvalue weighted by Gasteiger charge is 2.08. The third-order valence-electron chi connectivity index (χ3n) is 2.44. The minimum absolute atomic E-state index is 0.127. The number of hydrogen-bond acceptors (Lipinski definition) is 4. The van der Waals surface area contributed by atoms with Crippen molar-refractivity contribution < 1.29 is 9.21 Å². The summed E-state index contributed by atoms with van der Waals surface area (Å²) < 4.78 is 5.11. The van der Waals surface area contributed by atoms with Crippen molar-refractivity contribution in [2.75, 3.05) is 0 Å². The summed E-state index contributed by atoms with van der Waals surface area (Å²) in [5.74, 6) is 0. The molecule has 0 unspecified atom stereocenters. The van der Waals surface area contributed by atoms with Crippen LogP contribution in [0.3, 0.4) is 0 Å². The average Bonchev–Trinajstić information content (AvgIpc) is 2.29. The van der Waals surface area contributed by atoms with E-state index >= 15 is 0 Å². The minimum Gasteiger partial charge on any atom is -0.423 e. The Hall–Kier alpha value is -1.65. The highest BCUT2D eigenvalue weighted by molar-refractivity contribution is 6.63. The molecule has 0 fully saturated rings. The van der Waals surface area contributed by atoms with Gasteiger partial charge in [-0.05, 0) is 29.3 Å². The molecule has 4 nitrogen and oxygen atoms in total. The number of benzene rings is 1. The lowest BCUT2D eigenvalue weighted by molar-refractivity contribution is -0.111. The Morgan fingerprint density at radius 2 is 2.12 bits per heavy atom. The highest BCUT2D eigenvalue weighted by atomic mass is 35.5. The Morgan fingerprint density at radius 3 is 2.76 bits per heavy atom. The van der Waals surface area contributed by atoms with E-state index in [1.165, 1.54) is 0 Å². The van der Waals surface area contributed by atoms with E-state index in [9.17, 15) is 9.59 Å². The van der Waals surface area contributed by atoms with Gasteiger partial charge in [-0.1, -0.05) is 12.1 Å². The van der Waals surface area contributed by atoms with Crippen LogP contribution in [-0.4, -0.2) is 5.24 Å². The third-order valence-corrected chi connectivity index (χ3v) is 2.57. The molecule has 0 aliphatic rings. The van der Waals surface area contributed by atoms with Crippen molar-refractivity contribution >= 4 is 27.8 Å². The molecule has 0 bridgehead atoms. The molecule has 0 saturated heterocycles. The molecule has 2 aromatic rings. The predicted octanol–water partition coefficient (Wildman–Crippen LogP) is 1.56. The van der Waals surface area contributed by atoms with Crippen LogP contribution in [0.15, 0.2) is 33.5 Å². The van der Waals surface area contributed by atoms with Crippen molar-refractivity contribution in [3.63, 3.8) is 0 Å². The molecule has 0 aliphatic carbocycles. The molecule has 0 radical (unpaired) electrons. The van der Waals surface area contributed by atoms with Crippen LogP contribution >= 0.6 is 11.6 Å². The first-order valence-electron chi connectivity index (χ1n) is 5.04. The van der Waals surface area contributed by atoms with Crippen LogP contribution in [0.2, 0.25) is 0 Å². The van der Waals surface area contributed by atoms with Crippen molar-refractivity contribution in [3.8, 4) is 0 Å². The van der Waals surface area contributed by atoms with Crippen LogP contribution in [0.4, 0.5) is 0 Å². The molecular weight excluding hydrogens is 242 g/mol. The zero-order chi connectivity index (χ0) is 12.4. The van der Waals surface area contributed by atoms with Crippen LogP contribution in [-0.2, 0) is 17.8 Å². The van der Waals surface area contributed by atoms with E-state index in [1.54, 1.807) is 18.2 Å². The summed E-state index contributed by atoms with van der Waals surface area (Å²) in [5, 5.41) is 0.157. The molecule has 0 amide bonds. The molecule has 0 aliphatic heterocycles. The summed E-state index contributed by atoms with van der Waals surface area (Å²) in [4.78, 5) is 22.3. The number of rotatable bonds is 3. The smallest absolute Gasteiger partial charge is 0.339 e. The standard InChI is InChI=1S/C12H10ClNO3/c13-11(15)5-9-4-8-2-1-7(6-14)3-10(8)17-12(9)16/h1-4H,5-6,14H2. The fourth-order valence-electron chi connectivity index (χ4n) is 1.60. The Labute approximate surface area is 102 Å². The van der Waals surface area contributed by atoms with Gasteiger partial charge >= 0.3 is 5.63 Å². The number of fused-ring (bicyclic) bond motifs is 1. The fraction of sp³-hybridized carbons (Fsp3) is 0.167. The van der Waals surface area contributed by atoms with E-state index in [2.05, 4.69) is 0 Å². The maximum atomic E-state index is 11.6. The van der Waals surface area contributed by atoms with Gasteiger partial charge in [-0.25, -0.2) is 4.79 Å². The van der Waals surface area contributed by atoms with E-state index in [0.29, 0.717) is 12.1 Å². The quantitative estimate of drug-likeness (QED) is 0.664. The molecule has 2 N–H and O–H groups in total. The molecule has 1 aromatic heterocycles. The molecule has 2 rings (SSSR count). The van der Waals surface area contributed by atoms with Gasteiger partial charge in [0.25, 0.3) is 0 Å². The van der Waals surface area contributed by atoms with E-state index in [0.717, 1.165) is 10.9 Å². The second kappa shape index (κ2) is 4.69. The SMILES string of the molecule is NCc1ccc2cc(CC(=O)Cl)c(=O)oc2c1. The van der Waals surface area contributed by atoms with Gasteiger partial charge in [0.2, 0.25) is 5.24 Å². The van der Waals surface area contributed by atoms with Crippen LogP contribution < -0.4 is 11.4 Å². The Kier molecular flexibility index (Phi) is 3.26. The zero-order valence-corrected chi connectivity index (χ0v) is 9.66. The topological polar surface area (TPSA) is 73.3 Å². The van der Waals surface area contributed by atoms with Gasteiger partial charge in [-0.2, -0.15) is 0 Å². The zero-order valence-electron chi connectivity index (χ0n) is 8.90. The second-order valence-electron chi connectivity index (χ2n) is 3.67. The van der Waals surface area contributed by atoms with Gasteiger partial charge in [0, 0.05) is 17.5 Å². The monoisotopic (exact) mass is 251 g/mol. The number of nitrogens with two attached hydrogens (primary N) is 1. The van der Waals surface area contributed by atoms with E-state index in [4.69, 9.17) is 21.8 Å². The van der Waals surface area contributed by atoms with Crippen molar-refractivity contribution in [2.45, 2.75) is 13.0 Å². The first-order chi connectivity index (χ1) is 8.10. The first-order valence-corrected chi connectivity index (χ1v) is 5.42. The number of carbonyl (C=O) groups is 1. The van der Waals surface area contributed by atoms with E-state index in [1.807, 2.05) is 6.07 Å². The molecule has 0 atom stereocenters. The van der Waals surface area contributed by atoms with Crippen LogP contribution in [0.5, 0.6) is 0 Å². The van der Waals surface area contributed by atoms with Crippen molar-refractivity contribution in [1.82, 2.24) is 0 Å². The van der Waals surface area contributed by atoms with Gasteiger partial charge in [-0.3, -0.25) is 4.79 Å². The van der Waals surface area contributed by atoms with E-state index in [-0.39, 0.29) is 12.0 Å². The number of halogens is 1. The number of carbonyl (C=O) groups excluding carboxylic acids is 1. The molecule has 88 valence electrons. The Bertz CT molecular complexity index is 633. The summed E-state index contributed by atoms with van der Waals surface area (Å²) in [6.45, 7) is 0.377. The molecule has 1 heterocycles. The minimum atomic E-state index is -0.588. The fourth-order valence-corrected chi connectivity index (χ4v) is 1.74. The molecule has 0 spiro atoms. The van der Waals surface area contributed by atoms with Crippen LogP contribution in [0.25, 0.3) is 11.0 Å². The summed E-state index contributed by atoms with van der Waals surface area (Å²) in [7, 11) is 0. The molecule has 0 saturated carbocycles. The van der Waals surface area contributed by atoms with Gasteiger partial charge in [0.15, 0.2) is 0 Å². The van der Waals surface area contributed by atoms with Crippen LogP contribution in [0.1, 0.15) is 11.1 Å². The summed E-state index contributed by atoms with van der Waals surface area (Å²) in [6, 6.07) is 6.96. The lowest BCUT2D eigenvalue weighted by Gasteiger charge is -2.02. The molecular formula is C12H10ClNO3. The largest absolute Gasteiger partial charge is 0.423 e.